The highest BCUT2D eigenvalue weighted by Crippen LogP contribution is 2.20. The van der Waals surface area contributed by atoms with E-state index in [0.717, 1.165) is 22.9 Å². The highest BCUT2D eigenvalue weighted by molar-refractivity contribution is 6.10. The molecule has 1 heteroatoms. The average molecular weight is 260 g/mol. The van der Waals surface area contributed by atoms with Gasteiger partial charge < -0.3 is 0 Å². The Labute approximate surface area is 118 Å². The number of carbonyl (C=O) groups is 1. The smallest absolute Gasteiger partial charge is 0.193 e. The predicted molar refractivity (Wildman–Crippen MR) is 83.2 cm³/mol. The van der Waals surface area contributed by atoms with Crippen molar-refractivity contribution in [1.29, 1.82) is 0 Å². The molecule has 0 aliphatic carbocycles. The van der Waals surface area contributed by atoms with Crippen LogP contribution in [0, 0.1) is 0 Å². The van der Waals surface area contributed by atoms with Gasteiger partial charge in [0.25, 0.3) is 0 Å². The maximum atomic E-state index is 12.4. The minimum atomic E-state index is 0.0760. The van der Waals surface area contributed by atoms with Crippen molar-refractivity contribution in [3.8, 4) is 0 Å². The van der Waals surface area contributed by atoms with Gasteiger partial charge in [0.1, 0.15) is 0 Å². The monoisotopic (exact) mass is 260 g/mol. The van der Waals surface area contributed by atoms with Gasteiger partial charge in [-0.2, -0.15) is 0 Å². The first kappa shape index (κ1) is 12.6. The number of rotatable bonds is 3. The molecule has 0 heterocycles. The summed E-state index contributed by atoms with van der Waals surface area (Å²) in [5, 5.41) is 2.30. The van der Waals surface area contributed by atoms with Gasteiger partial charge >= 0.3 is 0 Å². The first-order chi connectivity index (χ1) is 9.78. The Bertz CT molecular complexity index is 757. The summed E-state index contributed by atoms with van der Waals surface area (Å²) in [4.78, 5) is 12.4. The molecule has 0 atom stereocenters. The molecular weight excluding hydrogens is 244 g/mol. The molecule has 1 nitrogen and oxygen atoms in total. The molecule has 0 saturated carbocycles. The summed E-state index contributed by atoms with van der Waals surface area (Å²) in [7, 11) is 0. The Morgan fingerprint density at radius 1 is 0.800 bits per heavy atom. The fraction of sp³-hybridized carbons (Fsp3) is 0.105. The van der Waals surface area contributed by atoms with Gasteiger partial charge in [0.15, 0.2) is 5.78 Å². The van der Waals surface area contributed by atoms with Gasteiger partial charge in [-0.3, -0.25) is 4.79 Å². The first-order valence-corrected chi connectivity index (χ1v) is 6.90. The van der Waals surface area contributed by atoms with Crippen molar-refractivity contribution < 1.29 is 4.79 Å². The van der Waals surface area contributed by atoms with Crippen LogP contribution in [0.5, 0.6) is 0 Å². The van der Waals surface area contributed by atoms with E-state index in [1.54, 1.807) is 0 Å². The van der Waals surface area contributed by atoms with Crippen molar-refractivity contribution in [1.82, 2.24) is 0 Å². The molecule has 0 unspecified atom stereocenters. The molecule has 98 valence electrons. The maximum absolute atomic E-state index is 12.4. The molecule has 0 saturated heterocycles. The lowest BCUT2D eigenvalue weighted by molar-refractivity contribution is 0.103. The molecule has 3 aromatic rings. The zero-order chi connectivity index (χ0) is 13.9. The van der Waals surface area contributed by atoms with Crippen molar-refractivity contribution in [2.24, 2.45) is 0 Å². The second-order valence-electron chi connectivity index (χ2n) is 4.94. The summed E-state index contributed by atoms with van der Waals surface area (Å²) in [6, 6.07) is 21.7. The van der Waals surface area contributed by atoms with E-state index in [2.05, 4.69) is 25.1 Å². The number of carbonyl (C=O) groups excluding carboxylic acids is 1. The van der Waals surface area contributed by atoms with E-state index >= 15 is 0 Å². The molecule has 0 aromatic heterocycles. The van der Waals surface area contributed by atoms with E-state index in [1.165, 1.54) is 10.9 Å². The third-order valence-corrected chi connectivity index (χ3v) is 3.61. The Morgan fingerprint density at radius 3 is 2.25 bits per heavy atom. The molecule has 3 aromatic carbocycles. The highest BCUT2D eigenvalue weighted by atomic mass is 16.1. The lowest BCUT2D eigenvalue weighted by Gasteiger charge is -2.05. The molecular formula is C19H16O. The highest BCUT2D eigenvalue weighted by Gasteiger charge is 2.08. The third kappa shape index (κ3) is 2.35. The van der Waals surface area contributed by atoms with Gasteiger partial charge in [-0.05, 0) is 28.8 Å². The quantitative estimate of drug-likeness (QED) is 0.627. The number of hydrogen-bond donors (Lipinski definition) is 0. The number of aryl methyl sites for hydroxylation is 1. The Hall–Kier alpha value is -2.41. The minimum absolute atomic E-state index is 0.0760. The van der Waals surface area contributed by atoms with Crippen LogP contribution in [-0.2, 0) is 6.42 Å². The van der Waals surface area contributed by atoms with Crippen LogP contribution in [0.15, 0.2) is 66.7 Å². The van der Waals surface area contributed by atoms with Crippen LogP contribution in [0.1, 0.15) is 28.4 Å². The second-order valence-corrected chi connectivity index (χ2v) is 4.94. The van der Waals surface area contributed by atoms with Gasteiger partial charge in [-0.25, -0.2) is 0 Å². The summed E-state index contributed by atoms with van der Waals surface area (Å²) in [6.07, 6.45) is 1.03. The molecule has 0 spiro atoms. The number of fused-ring (bicyclic) bond motifs is 1. The number of hydrogen-bond acceptors (Lipinski definition) is 1. The normalized spacial score (nSPS) is 10.7. The largest absolute Gasteiger partial charge is 0.289 e. The molecule has 0 bridgehead atoms. The predicted octanol–water partition coefficient (Wildman–Crippen LogP) is 4.63. The van der Waals surface area contributed by atoms with E-state index in [1.807, 2.05) is 48.5 Å². The van der Waals surface area contributed by atoms with Crippen LogP contribution in [0.25, 0.3) is 10.8 Å². The van der Waals surface area contributed by atoms with Crippen LogP contribution in [-0.4, -0.2) is 5.78 Å². The standard InChI is InChI=1S/C19H16O/c1-2-14-8-9-17-13-18(11-10-16(17)12-14)19(20)15-6-4-3-5-7-15/h3-13H,2H2,1H3. The van der Waals surface area contributed by atoms with Crippen LogP contribution in [0.3, 0.4) is 0 Å². The van der Waals surface area contributed by atoms with Gasteiger partial charge in [0, 0.05) is 11.1 Å². The Balaban J connectivity index is 2.03. The Kier molecular flexibility index (Phi) is 3.34. The van der Waals surface area contributed by atoms with Crippen LogP contribution in [0.4, 0.5) is 0 Å². The molecule has 0 fully saturated rings. The first-order valence-electron chi connectivity index (χ1n) is 6.90. The molecule has 20 heavy (non-hydrogen) atoms. The molecule has 0 radical (unpaired) electrons. The van der Waals surface area contributed by atoms with Crippen LogP contribution in [0.2, 0.25) is 0 Å². The van der Waals surface area contributed by atoms with Crippen molar-refractivity contribution >= 4 is 16.6 Å². The average Bonchev–Trinajstić information content (AvgIpc) is 2.54. The summed E-state index contributed by atoms with van der Waals surface area (Å²) in [5.41, 5.74) is 2.80. The summed E-state index contributed by atoms with van der Waals surface area (Å²) in [5.74, 6) is 0.0760. The van der Waals surface area contributed by atoms with Crippen molar-refractivity contribution in [2.45, 2.75) is 13.3 Å². The molecule has 0 aliphatic rings. The van der Waals surface area contributed by atoms with Gasteiger partial charge in [0.05, 0.1) is 0 Å². The van der Waals surface area contributed by atoms with E-state index in [9.17, 15) is 4.79 Å². The van der Waals surface area contributed by atoms with Gasteiger partial charge in [-0.15, -0.1) is 0 Å². The van der Waals surface area contributed by atoms with Crippen LogP contribution >= 0.6 is 0 Å². The summed E-state index contributed by atoms with van der Waals surface area (Å²) in [6.45, 7) is 2.15. The zero-order valence-corrected chi connectivity index (χ0v) is 11.5. The van der Waals surface area contributed by atoms with Crippen molar-refractivity contribution in [3.05, 3.63) is 83.4 Å². The lowest BCUT2D eigenvalue weighted by atomic mass is 9.98. The number of ketones is 1. The van der Waals surface area contributed by atoms with E-state index in [4.69, 9.17) is 0 Å². The second kappa shape index (κ2) is 5.30. The van der Waals surface area contributed by atoms with E-state index in [0.29, 0.717) is 0 Å². The number of benzene rings is 3. The summed E-state index contributed by atoms with van der Waals surface area (Å²) >= 11 is 0. The van der Waals surface area contributed by atoms with E-state index in [-0.39, 0.29) is 5.78 Å². The SMILES string of the molecule is CCc1ccc2cc(C(=O)c3ccccc3)ccc2c1. The van der Waals surface area contributed by atoms with Gasteiger partial charge in [-0.1, -0.05) is 67.6 Å². The van der Waals surface area contributed by atoms with Crippen molar-refractivity contribution in [3.63, 3.8) is 0 Å². The topological polar surface area (TPSA) is 17.1 Å². The fourth-order valence-corrected chi connectivity index (χ4v) is 2.41. The van der Waals surface area contributed by atoms with Crippen LogP contribution < -0.4 is 0 Å². The fourth-order valence-electron chi connectivity index (χ4n) is 2.41. The summed E-state index contributed by atoms with van der Waals surface area (Å²) < 4.78 is 0. The van der Waals surface area contributed by atoms with Crippen molar-refractivity contribution in [2.75, 3.05) is 0 Å². The Morgan fingerprint density at radius 2 is 1.50 bits per heavy atom. The third-order valence-electron chi connectivity index (χ3n) is 3.61. The molecule has 3 rings (SSSR count). The lowest BCUT2D eigenvalue weighted by Crippen LogP contribution is -2.00. The van der Waals surface area contributed by atoms with E-state index < -0.39 is 0 Å². The minimum Gasteiger partial charge on any atom is -0.289 e. The molecule has 0 N–H and O–H groups in total. The molecule has 0 aliphatic heterocycles. The maximum Gasteiger partial charge on any atom is 0.193 e. The zero-order valence-electron chi connectivity index (χ0n) is 11.5. The van der Waals surface area contributed by atoms with Gasteiger partial charge in [0.2, 0.25) is 0 Å². The molecule has 0 amide bonds.